The first-order valence-electron chi connectivity index (χ1n) is 5.35. The number of esters is 1. The Balaban J connectivity index is 2.39. The molecule has 2 N–H and O–H groups in total. The van der Waals surface area contributed by atoms with Crippen LogP contribution in [0.4, 0.5) is 5.95 Å². The third kappa shape index (κ3) is 2.20. The van der Waals surface area contributed by atoms with Gasteiger partial charge in [0.05, 0.1) is 6.61 Å². The molecule has 0 aromatic carbocycles. The summed E-state index contributed by atoms with van der Waals surface area (Å²) in [7, 11) is 0. The minimum atomic E-state index is -0.346. The maximum absolute atomic E-state index is 11.4. The Hall–Kier alpha value is -2.11. The van der Waals surface area contributed by atoms with Gasteiger partial charge in [0.1, 0.15) is 12.1 Å². The van der Waals surface area contributed by atoms with Crippen LogP contribution in [-0.4, -0.2) is 27.1 Å². The zero-order valence-electron chi connectivity index (χ0n) is 9.80. The van der Waals surface area contributed by atoms with Crippen LogP contribution in [0.3, 0.4) is 0 Å². The number of ether oxygens (including phenoxy) is 1. The Bertz CT molecular complexity index is 562. The number of aryl methyl sites for hydroxylation is 1. The highest BCUT2D eigenvalue weighted by molar-refractivity contribution is 5.78. The molecule has 0 spiro atoms. The first-order valence-corrected chi connectivity index (χ1v) is 5.35. The number of nitrogen functional groups attached to an aromatic ring is 1. The predicted octanol–water partition coefficient (Wildman–Crippen LogP) is 0.885. The number of nitrogens with zero attached hydrogens (tertiary/aromatic N) is 3. The number of hydrogen-bond donors (Lipinski definition) is 1. The summed E-state index contributed by atoms with van der Waals surface area (Å²) in [4.78, 5) is 19.8. The molecule has 0 amide bonds. The molecule has 0 atom stereocenters. The van der Waals surface area contributed by atoms with Crippen molar-refractivity contribution < 1.29 is 9.53 Å². The number of hydrogen-bond acceptors (Lipinski definition) is 5. The lowest BCUT2D eigenvalue weighted by Gasteiger charge is -2.05. The van der Waals surface area contributed by atoms with Gasteiger partial charge in [-0.1, -0.05) is 0 Å². The van der Waals surface area contributed by atoms with E-state index in [1.807, 2.05) is 13.0 Å². The minimum absolute atomic E-state index is 0.0340. The molecule has 6 heteroatoms. The Labute approximate surface area is 98.4 Å². The van der Waals surface area contributed by atoms with Crippen molar-refractivity contribution in [2.45, 2.75) is 20.4 Å². The number of pyridine rings is 1. The van der Waals surface area contributed by atoms with Crippen molar-refractivity contribution >= 4 is 23.1 Å². The first-order chi connectivity index (χ1) is 8.11. The molecule has 0 bridgehead atoms. The van der Waals surface area contributed by atoms with Crippen LogP contribution in [0.5, 0.6) is 0 Å². The summed E-state index contributed by atoms with van der Waals surface area (Å²) < 4.78 is 6.42. The van der Waals surface area contributed by atoms with Gasteiger partial charge in [-0.15, -0.1) is 0 Å². The molecule has 0 aliphatic carbocycles. The molecular formula is C11H14N4O2. The summed E-state index contributed by atoms with van der Waals surface area (Å²) in [5, 5.41) is 0. The fourth-order valence-electron chi connectivity index (χ4n) is 1.62. The number of carbonyl (C=O) groups is 1. The number of rotatable bonds is 3. The third-order valence-corrected chi connectivity index (χ3v) is 2.34. The molecule has 6 nitrogen and oxygen atoms in total. The monoisotopic (exact) mass is 234 g/mol. The molecule has 0 aliphatic rings. The van der Waals surface area contributed by atoms with Gasteiger partial charge in [-0.2, -0.15) is 0 Å². The van der Waals surface area contributed by atoms with Crippen molar-refractivity contribution in [3.8, 4) is 0 Å². The van der Waals surface area contributed by atoms with Gasteiger partial charge in [0.15, 0.2) is 5.65 Å². The molecule has 2 aromatic rings. The lowest BCUT2D eigenvalue weighted by molar-refractivity contribution is -0.143. The number of fused-ring (bicyclic) bond motifs is 1. The second kappa shape index (κ2) is 4.40. The minimum Gasteiger partial charge on any atom is -0.465 e. The molecular weight excluding hydrogens is 220 g/mol. The molecule has 0 radical (unpaired) electrons. The van der Waals surface area contributed by atoms with Crippen molar-refractivity contribution in [3.05, 3.63) is 17.8 Å². The molecule has 90 valence electrons. The molecule has 0 saturated heterocycles. The summed E-state index contributed by atoms with van der Waals surface area (Å²) in [6.45, 7) is 4.06. The van der Waals surface area contributed by atoms with Gasteiger partial charge in [-0.05, 0) is 25.5 Å². The lowest BCUT2D eigenvalue weighted by atomic mass is 10.3. The number of carbonyl (C=O) groups excluding carboxylic acids is 1. The van der Waals surface area contributed by atoms with Crippen molar-refractivity contribution in [2.75, 3.05) is 12.3 Å². The van der Waals surface area contributed by atoms with E-state index in [2.05, 4.69) is 9.97 Å². The number of anilines is 1. The summed E-state index contributed by atoms with van der Waals surface area (Å²) in [6, 6.07) is 1.88. The predicted molar refractivity (Wildman–Crippen MR) is 63.3 cm³/mol. The standard InChI is InChI=1S/C11H14N4O2/c1-3-17-9(16)6-15-10-8(14-11(15)12)4-7(2)5-13-10/h4-5H,3,6H2,1-2H3,(H2,12,14). The van der Waals surface area contributed by atoms with E-state index in [-0.39, 0.29) is 18.5 Å². The van der Waals surface area contributed by atoms with Crippen LogP contribution < -0.4 is 5.73 Å². The van der Waals surface area contributed by atoms with Crippen LogP contribution >= 0.6 is 0 Å². The fraction of sp³-hybridized carbons (Fsp3) is 0.364. The summed E-state index contributed by atoms with van der Waals surface area (Å²) in [5.41, 5.74) is 8.04. The van der Waals surface area contributed by atoms with Crippen molar-refractivity contribution in [2.24, 2.45) is 0 Å². The second-order valence-corrected chi connectivity index (χ2v) is 3.72. The zero-order valence-corrected chi connectivity index (χ0v) is 9.80. The molecule has 0 unspecified atom stereocenters. The molecule has 0 aliphatic heterocycles. The fourth-order valence-corrected chi connectivity index (χ4v) is 1.62. The van der Waals surface area contributed by atoms with Gasteiger partial charge >= 0.3 is 5.97 Å². The van der Waals surface area contributed by atoms with Crippen LogP contribution in [0.1, 0.15) is 12.5 Å². The summed E-state index contributed by atoms with van der Waals surface area (Å²) >= 11 is 0. The Morgan fingerprint density at radius 1 is 1.59 bits per heavy atom. The van der Waals surface area contributed by atoms with Gasteiger partial charge in [-0.25, -0.2) is 9.97 Å². The number of imidazole rings is 1. The molecule has 17 heavy (non-hydrogen) atoms. The zero-order chi connectivity index (χ0) is 12.4. The first kappa shape index (κ1) is 11.4. The van der Waals surface area contributed by atoms with Crippen LogP contribution in [-0.2, 0) is 16.1 Å². The highest BCUT2D eigenvalue weighted by atomic mass is 16.5. The van der Waals surface area contributed by atoms with E-state index in [1.54, 1.807) is 17.7 Å². The van der Waals surface area contributed by atoms with Crippen molar-refractivity contribution in [1.29, 1.82) is 0 Å². The SMILES string of the molecule is CCOC(=O)Cn1c(N)nc2cc(C)cnc21. The molecule has 0 saturated carbocycles. The normalized spacial score (nSPS) is 10.7. The summed E-state index contributed by atoms with van der Waals surface area (Å²) in [5.74, 6) is -0.0768. The Morgan fingerprint density at radius 3 is 3.06 bits per heavy atom. The Kier molecular flexibility index (Phi) is 2.95. The van der Waals surface area contributed by atoms with Gasteiger partial charge in [-0.3, -0.25) is 9.36 Å². The second-order valence-electron chi connectivity index (χ2n) is 3.72. The topological polar surface area (TPSA) is 83.0 Å². The van der Waals surface area contributed by atoms with E-state index >= 15 is 0 Å². The van der Waals surface area contributed by atoms with Crippen LogP contribution in [0.15, 0.2) is 12.3 Å². The smallest absolute Gasteiger partial charge is 0.326 e. The van der Waals surface area contributed by atoms with E-state index in [1.165, 1.54) is 0 Å². The number of nitrogens with two attached hydrogens (primary N) is 1. The average molecular weight is 234 g/mol. The van der Waals surface area contributed by atoms with Crippen molar-refractivity contribution in [1.82, 2.24) is 14.5 Å². The maximum atomic E-state index is 11.4. The quantitative estimate of drug-likeness (QED) is 0.797. The highest BCUT2D eigenvalue weighted by Gasteiger charge is 2.13. The molecule has 2 rings (SSSR count). The van der Waals surface area contributed by atoms with E-state index in [0.717, 1.165) is 5.56 Å². The van der Waals surface area contributed by atoms with Crippen LogP contribution in [0.2, 0.25) is 0 Å². The van der Waals surface area contributed by atoms with E-state index in [0.29, 0.717) is 17.8 Å². The molecule has 2 aromatic heterocycles. The largest absolute Gasteiger partial charge is 0.465 e. The van der Waals surface area contributed by atoms with Gasteiger partial charge in [0.25, 0.3) is 0 Å². The van der Waals surface area contributed by atoms with Gasteiger partial charge in [0.2, 0.25) is 5.95 Å². The van der Waals surface area contributed by atoms with Crippen LogP contribution in [0.25, 0.3) is 11.2 Å². The van der Waals surface area contributed by atoms with Gasteiger partial charge in [0, 0.05) is 6.20 Å². The molecule has 0 fully saturated rings. The summed E-state index contributed by atoms with van der Waals surface area (Å²) in [6.07, 6.45) is 1.71. The highest BCUT2D eigenvalue weighted by Crippen LogP contribution is 2.16. The van der Waals surface area contributed by atoms with E-state index in [4.69, 9.17) is 10.5 Å². The van der Waals surface area contributed by atoms with E-state index < -0.39 is 0 Å². The number of aromatic nitrogens is 3. The average Bonchev–Trinajstić information content (AvgIpc) is 2.55. The lowest BCUT2D eigenvalue weighted by Crippen LogP contribution is -2.15. The maximum Gasteiger partial charge on any atom is 0.326 e. The van der Waals surface area contributed by atoms with Gasteiger partial charge < -0.3 is 10.5 Å². The van der Waals surface area contributed by atoms with E-state index in [9.17, 15) is 4.79 Å². The molecule has 2 heterocycles. The van der Waals surface area contributed by atoms with Crippen LogP contribution in [0, 0.1) is 6.92 Å². The Morgan fingerprint density at radius 2 is 2.35 bits per heavy atom. The van der Waals surface area contributed by atoms with Crippen molar-refractivity contribution in [3.63, 3.8) is 0 Å². The third-order valence-electron chi connectivity index (χ3n) is 2.34.